The van der Waals surface area contributed by atoms with E-state index in [1.54, 1.807) is 0 Å². The second-order valence-electron chi connectivity index (χ2n) is 3.30. The number of rotatable bonds is 2. The fourth-order valence-electron chi connectivity index (χ4n) is 1.11. The zero-order chi connectivity index (χ0) is 15.2. The number of hydrogen-bond acceptors (Lipinski definition) is 6. The number of nitrogens with two attached hydrogens (primary N) is 1. The molecule has 9 heteroatoms. The Morgan fingerprint density at radius 3 is 2.19 bits per heavy atom. The molecule has 0 aliphatic rings. The Morgan fingerprint density at radius 1 is 1.19 bits per heavy atom. The van der Waals surface area contributed by atoms with Gasteiger partial charge in [-0.05, 0) is 6.07 Å². The molecule has 0 atom stereocenters. The van der Waals surface area contributed by atoms with Crippen LogP contribution in [0.5, 0.6) is 0 Å². The Labute approximate surface area is 122 Å². The second-order valence-corrected chi connectivity index (χ2v) is 4.39. The molecule has 0 aromatic carbocycles. The van der Waals surface area contributed by atoms with Crippen molar-refractivity contribution in [2.24, 2.45) is 0 Å². The Hall–Kier alpha value is -2.29. The van der Waals surface area contributed by atoms with Crippen molar-refractivity contribution in [2.45, 2.75) is 13.6 Å². The Bertz CT molecular complexity index is 599. The van der Waals surface area contributed by atoms with E-state index in [9.17, 15) is 22.8 Å². The van der Waals surface area contributed by atoms with Crippen LogP contribution in [0.15, 0.2) is 24.7 Å². The van der Waals surface area contributed by atoms with Crippen LogP contribution in [0, 0.1) is 0 Å². The molecule has 0 spiro atoms. The summed E-state index contributed by atoms with van der Waals surface area (Å²) in [5, 5.41) is 0.437. The number of pyridine rings is 1. The van der Waals surface area contributed by atoms with E-state index in [0.29, 0.717) is 10.0 Å². The average molecular weight is 319 g/mol. The maximum absolute atomic E-state index is 12.0. The van der Waals surface area contributed by atoms with Crippen LogP contribution in [0.25, 0.3) is 0 Å². The number of carbonyl (C=O) groups is 2. The van der Waals surface area contributed by atoms with Crippen molar-refractivity contribution in [3.05, 3.63) is 40.7 Å². The Balaban J connectivity index is 0.000000390. The smallest absolute Gasteiger partial charge is 0.375 e. The summed E-state index contributed by atoms with van der Waals surface area (Å²) in [7, 11) is 0. The lowest BCUT2D eigenvalue weighted by Crippen LogP contribution is -2.08. The number of aldehydes is 2. The molecule has 2 rings (SSSR count). The van der Waals surface area contributed by atoms with Crippen molar-refractivity contribution in [3.8, 4) is 0 Å². The normalized spacial score (nSPS) is 9.86. The molecule has 0 saturated carbocycles. The van der Waals surface area contributed by atoms with Crippen molar-refractivity contribution in [2.75, 3.05) is 5.73 Å². The first-order valence-corrected chi connectivity index (χ1v) is 5.83. The van der Waals surface area contributed by atoms with E-state index in [1.165, 1.54) is 17.5 Å². The second kappa shape index (κ2) is 8.10. The molecular formula is C12H12F3N3O2S. The highest BCUT2D eigenvalue weighted by Crippen LogP contribution is 2.30. The summed E-state index contributed by atoms with van der Waals surface area (Å²) in [6.45, 7) is 0. The first-order valence-electron chi connectivity index (χ1n) is 5.01. The molecule has 21 heavy (non-hydrogen) atoms. The molecule has 0 amide bonds. The van der Waals surface area contributed by atoms with Gasteiger partial charge in [0.1, 0.15) is 0 Å². The number of halogens is 3. The molecule has 0 radical (unpaired) electrons. The summed E-state index contributed by atoms with van der Waals surface area (Å²) in [5.41, 5.74) is 3.81. The maximum Gasteiger partial charge on any atom is 0.417 e. The molecular weight excluding hydrogens is 307 g/mol. The van der Waals surface area contributed by atoms with Gasteiger partial charge in [0.05, 0.1) is 16.6 Å². The fourth-order valence-corrected chi connectivity index (χ4v) is 1.61. The lowest BCUT2D eigenvalue weighted by Gasteiger charge is -2.07. The number of anilines is 1. The molecule has 2 N–H and O–H groups in total. The van der Waals surface area contributed by atoms with Gasteiger partial charge in [-0.25, -0.2) is 4.98 Å². The van der Waals surface area contributed by atoms with Crippen molar-refractivity contribution >= 4 is 29.0 Å². The van der Waals surface area contributed by atoms with Crippen LogP contribution < -0.4 is 5.73 Å². The molecule has 0 fully saturated rings. The lowest BCUT2D eigenvalue weighted by molar-refractivity contribution is -0.137. The Kier molecular flexibility index (Phi) is 7.22. The SMILES string of the molecule is C.Nc1ncc(C=O)s1.O=Cc1cnccc1C(F)(F)F. The number of carbonyl (C=O) groups excluding carboxylic acids is 2. The molecule has 2 heterocycles. The third kappa shape index (κ3) is 5.69. The standard InChI is InChI=1S/C7H4F3NO.C4H4N2OS.CH4/c8-7(9,10)6-1-2-11-3-5(6)4-12;5-4-6-1-3(2-7)8-4;/h1-4H;1-2H,(H2,5,6);1H4. The minimum atomic E-state index is -4.49. The van der Waals surface area contributed by atoms with Gasteiger partial charge in [-0.3, -0.25) is 14.6 Å². The number of hydrogen-bond donors (Lipinski definition) is 1. The third-order valence-corrected chi connectivity index (χ3v) is 2.69. The van der Waals surface area contributed by atoms with Crippen LogP contribution >= 0.6 is 11.3 Å². The summed E-state index contributed by atoms with van der Waals surface area (Å²) in [6, 6.07) is 0.768. The van der Waals surface area contributed by atoms with Gasteiger partial charge in [0, 0.05) is 18.0 Å². The number of thiazole rings is 1. The number of aromatic nitrogens is 2. The first kappa shape index (κ1) is 18.7. The molecule has 0 unspecified atom stereocenters. The predicted octanol–water partition coefficient (Wildman–Crippen LogP) is 3.09. The highest BCUT2D eigenvalue weighted by molar-refractivity contribution is 7.16. The summed E-state index contributed by atoms with van der Waals surface area (Å²) in [5.74, 6) is 0. The van der Waals surface area contributed by atoms with Crippen LogP contribution in [-0.4, -0.2) is 22.5 Å². The van der Waals surface area contributed by atoms with Gasteiger partial charge >= 0.3 is 6.18 Å². The van der Waals surface area contributed by atoms with Crippen LogP contribution in [0.1, 0.15) is 33.0 Å². The van der Waals surface area contributed by atoms with E-state index in [4.69, 9.17) is 5.73 Å². The first-order chi connectivity index (χ1) is 9.38. The van der Waals surface area contributed by atoms with Crippen molar-refractivity contribution in [1.29, 1.82) is 0 Å². The van der Waals surface area contributed by atoms with Crippen molar-refractivity contribution in [1.82, 2.24) is 9.97 Å². The molecule has 5 nitrogen and oxygen atoms in total. The zero-order valence-corrected chi connectivity index (χ0v) is 10.6. The van der Waals surface area contributed by atoms with Crippen molar-refractivity contribution in [3.63, 3.8) is 0 Å². The third-order valence-electron chi connectivity index (χ3n) is 1.94. The molecule has 0 saturated heterocycles. The van der Waals surface area contributed by atoms with Gasteiger partial charge in [-0.1, -0.05) is 18.8 Å². The molecule has 0 aliphatic carbocycles. The molecule has 0 aliphatic heterocycles. The van der Waals surface area contributed by atoms with Crippen LogP contribution in [0.4, 0.5) is 18.3 Å². The van der Waals surface area contributed by atoms with Crippen molar-refractivity contribution < 1.29 is 22.8 Å². The minimum Gasteiger partial charge on any atom is -0.375 e. The van der Waals surface area contributed by atoms with E-state index in [2.05, 4.69) is 9.97 Å². The number of alkyl halides is 3. The van der Waals surface area contributed by atoms with Crippen LogP contribution in [-0.2, 0) is 6.18 Å². The predicted molar refractivity (Wildman–Crippen MR) is 73.3 cm³/mol. The highest BCUT2D eigenvalue weighted by atomic mass is 32.1. The lowest BCUT2D eigenvalue weighted by atomic mass is 10.1. The summed E-state index contributed by atoms with van der Waals surface area (Å²) >= 11 is 1.19. The molecule has 114 valence electrons. The highest BCUT2D eigenvalue weighted by Gasteiger charge is 2.32. The van der Waals surface area contributed by atoms with Gasteiger partial charge in [0.25, 0.3) is 0 Å². The largest absolute Gasteiger partial charge is 0.417 e. The minimum absolute atomic E-state index is 0. The summed E-state index contributed by atoms with van der Waals surface area (Å²) in [6.07, 6.45) is -0.290. The van der Waals surface area contributed by atoms with Gasteiger partial charge < -0.3 is 5.73 Å². The summed E-state index contributed by atoms with van der Waals surface area (Å²) in [4.78, 5) is 27.7. The van der Waals surface area contributed by atoms with Crippen LogP contribution in [0.3, 0.4) is 0 Å². The monoisotopic (exact) mass is 319 g/mol. The Morgan fingerprint density at radius 2 is 1.86 bits per heavy atom. The van der Waals surface area contributed by atoms with E-state index < -0.39 is 17.3 Å². The van der Waals surface area contributed by atoms with Gasteiger partial charge in [0.15, 0.2) is 17.7 Å². The van der Waals surface area contributed by atoms with E-state index in [0.717, 1.165) is 24.7 Å². The quantitative estimate of drug-likeness (QED) is 0.860. The topological polar surface area (TPSA) is 85.9 Å². The molecule has 2 aromatic rings. The van der Waals surface area contributed by atoms with E-state index in [1.807, 2.05) is 0 Å². The average Bonchev–Trinajstić information content (AvgIpc) is 2.84. The van der Waals surface area contributed by atoms with E-state index >= 15 is 0 Å². The zero-order valence-electron chi connectivity index (χ0n) is 9.79. The number of nitrogen functional groups attached to an aromatic ring is 1. The van der Waals surface area contributed by atoms with Gasteiger partial charge in [0.2, 0.25) is 0 Å². The molecule has 0 bridgehead atoms. The number of nitrogens with zero attached hydrogens (tertiary/aromatic N) is 2. The summed E-state index contributed by atoms with van der Waals surface area (Å²) < 4.78 is 36.1. The molecule has 2 aromatic heterocycles. The fraction of sp³-hybridized carbons (Fsp3) is 0.167. The van der Waals surface area contributed by atoms with Gasteiger partial charge in [-0.2, -0.15) is 13.2 Å². The van der Waals surface area contributed by atoms with E-state index in [-0.39, 0.29) is 13.7 Å². The van der Waals surface area contributed by atoms with Gasteiger partial charge in [-0.15, -0.1) is 0 Å². The maximum atomic E-state index is 12.0. The van der Waals surface area contributed by atoms with Crippen LogP contribution in [0.2, 0.25) is 0 Å².